The lowest BCUT2D eigenvalue weighted by atomic mass is 9.94. The van der Waals surface area contributed by atoms with Crippen molar-refractivity contribution in [3.63, 3.8) is 0 Å². The first-order chi connectivity index (χ1) is 15.7. The van der Waals surface area contributed by atoms with Crippen molar-refractivity contribution >= 4 is 16.0 Å². The van der Waals surface area contributed by atoms with E-state index in [0.717, 1.165) is 35.4 Å². The maximum atomic E-state index is 13.4. The third kappa shape index (κ3) is 6.20. The fraction of sp³-hybridized carbons (Fsp3) is 0.269. The molecule has 1 atom stereocenters. The molecular weight excluding hydrogens is 441 g/mol. The van der Waals surface area contributed by atoms with E-state index >= 15 is 0 Å². The molecule has 0 heterocycles. The van der Waals surface area contributed by atoms with Crippen molar-refractivity contribution < 1.29 is 21.8 Å². The van der Waals surface area contributed by atoms with Crippen LogP contribution in [-0.2, 0) is 21.5 Å². The fourth-order valence-corrected chi connectivity index (χ4v) is 4.54. The maximum Gasteiger partial charge on any atom is 0.339 e. The van der Waals surface area contributed by atoms with E-state index in [-0.39, 0.29) is 28.5 Å². The Hall–Kier alpha value is -3.19. The van der Waals surface area contributed by atoms with Gasteiger partial charge in [-0.25, -0.2) is 4.39 Å². The second kappa shape index (κ2) is 10.6. The maximum absolute atomic E-state index is 13.4. The molecule has 0 spiro atoms. The molecule has 0 aliphatic heterocycles. The molecule has 0 saturated carbocycles. The summed E-state index contributed by atoms with van der Waals surface area (Å²) in [4.78, 5) is 15.1. The number of carbonyl (C=O) groups excluding carboxylic acids is 1. The predicted molar refractivity (Wildman–Crippen MR) is 126 cm³/mol. The van der Waals surface area contributed by atoms with Gasteiger partial charge in [0.05, 0.1) is 5.92 Å². The van der Waals surface area contributed by atoms with E-state index in [0.29, 0.717) is 13.0 Å². The van der Waals surface area contributed by atoms with Crippen molar-refractivity contribution in [3.05, 3.63) is 95.8 Å². The molecule has 0 fully saturated rings. The normalized spacial score (nSPS) is 12.4. The molecule has 0 bridgehead atoms. The van der Waals surface area contributed by atoms with E-state index in [9.17, 15) is 17.6 Å². The van der Waals surface area contributed by atoms with Crippen LogP contribution in [0.2, 0.25) is 0 Å². The van der Waals surface area contributed by atoms with Crippen molar-refractivity contribution in [2.45, 2.75) is 50.6 Å². The lowest BCUT2D eigenvalue weighted by Crippen LogP contribution is -2.39. The van der Waals surface area contributed by atoms with Crippen molar-refractivity contribution in [1.29, 1.82) is 0 Å². The van der Waals surface area contributed by atoms with Crippen LogP contribution in [0.15, 0.2) is 83.8 Å². The van der Waals surface area contributed by atoms with Gasteiger partial charge in [-0.1, -0.05) is 49.4 Å². The molecule has 5 nitrogen and oxygen atoms in total. The molecule has 0 saturated heterocycles. The van der Waals surface area contributed by atoms with Gasteiger partial charge >= 0.3 is 10.1 Å². The number of rotatable bonds is 9. The lowest BCUT2D eigenvalue weighted by Gasteiger charge is -2.31. The summed E-state index contributed by atoms with van der Waals surface area (Å²) in [6.07, 6.45) is 0.672. The van der Waals surface area contributed by atoms with Crippen molar-refractivity contribution in [2.75, 3.05) is 0 Å². The minimum Gasteiger partial charge on any atom is -0.379 e. The van der Waals surface area contributed by atoms with E-state index in [1.807, 2.05) is 57.2 Å². The molecule has 0 aromatic heterocycles. The largest absolute Gasteiger partial charge is 0.379 e. The smallest absolute Gasteiger partial charge is 0.339 e. The molecule has 7 heteroatoms. The van der Waals surface area contributed by atoms with Crippen molar-refractivity contribution in [3.8, 4) is 5.75 Å². The standard InChI is InChI=1S/C26H28FNO4S/c1-4-25(21-10-6-5-7-11-21)26(29)28(19(2)3)18-20-9-8-12-23(17-20)32-33(30,31)24-15-13-22(27)14-16-24/h5-17,19,25H,4,18H2,1-3H3/t25-/m1/s1. The average molecular weight is 470 g/mol. The summed E-state index contributed by atoms with van der Waals surface area (Å²) in [6.45, 7) is 6.21. The molecule has 0 aliphatic carbocycles. The topological polar surface area (TPSA) is 63.7 Å². The quantitative estimate of drug-likeness (QED) is 0.387. The minimum atomic E-state index is -4.11. The van der Waals surface area contributed by atoms with Gasteiger partial charge in [-0.15, -0.1) is 0 Å². The molecular formula is C26H28FNO4S. The molecule has 3 aromatic carbocycles. The zero-order valence-electron chi connectivity index (χ0n) is 18.9. The van der Waals surface area contributed by atoms with Gasteiger partial charge in [-0.05, 0) is 67.8 Å². The van der Waals surface area contributed by atoms with Gasteiger partial charge in [-0.2, -0.15) is 8.42 Å². The van der Waals surface area contributed by atoms with E-state index in [2.05, 4.69) is 0 Å². The Labute approximate surface area is 194 Å². The van der Waals surface area contributed by atoms with Crippen LogP contribution in [0, 0.1) is 5.82 Å². The second-order valence-corrected chi connectivity index (χ2v) is 9.62. The third-order valence-corrected chi connectivity index (χ3v) is 6.64. The van der Waals surface area contributed by atoms with Gasteiger partial charge in [0.15, 0.2) is 0 Å². The number of nitrogens with zero attached hydrogens (tertiary/aromatic N) is 1. The van der Waals surface area contributed by atoms with Crippen LogP contribution in [0.1, 0.15) is 44.2 Å². The highest BCUT2D eigenvalue weighted by Gasteiger charge is 2.26. The van der Waals surface area contributed by atoms with Crippen molar-refractivity contribution in [2.24, 2.45) is 0 Å². The molecule has 0 aliphatic rings. The Morgan fingerprint density at radius 3 is 2.24 bits per heavy atom. The van der Waals surface area contributed by atoms with E-state index in [1.54, 1.807) is 17.0 Å². The van der Waals surface area contributed by atoms with Crippen LogP contribution in [-0.4, -0.2) is 25.3 Å². The van der Waals surface area contributed by atoms with Crippen LogP contribution in [0.25, 0.3) is 0 Å². The summed E-state index contributed by atoms with van der Waals surface area (Å²) in [5.41, 5.74) is 1.71. The van der Waals surface area contributed by atoms with Crippen LogP contribution in [0.3, 0.4) is 0 Å². The van der Waals surface area contributed by atoms with E-state index < -0.39 is 15.9 Å². The molecule has 3 rings (SSSR count). The molecule has 0 radical (unpaired) electrons. The second-order valence-electron chi connectivity index (χ2n) is 8.07. The summed E-state index contributed by atoms with van der Waals surface area (Å²) < 4.78 is 43.5. The Balaban J connectivity index is 1.80. The molecule has 0 N–H and O–H groups in total. The summed E-state index contributed by atoms with van der Waals surface area (Å²) in [7, 11) is -4.11. The molecule has 174 valence electrons. The number of benzene rings is 3. The highest BCUT2D eigenvalue weighted by molar-refractivity contribution is 7.87. The van der Waals surface area contributed by atoms with E-state index in [4.69, 9.17) is 4.18 Å². The van der Waals surface area contributed by atoms with Gasteiger partial charge in [0, 0.05) is 12.6 Å². The third-order valence-electron chi connectivity index (χ3n) is 5.37. The average Bonchev–Trinajstić information content (AvgIpc) is 2.78. The Morgan fingerprint density at radius 1 is 0.970 bits per heavy atom. The molecule has 33 heavy (non-hydrogen) atoms. The number of hydrogen-bond acceptors (Lipinski definition) is 4. The van der Waals surface area contributed by atoms with Crippen LogP contribution < -0.4 is 4.18 Å². The Morgan fingerprint density at radius 2 is 1.64 bits per heavy atom. The summed E-state index contributed by atoms with van der Waals surface area (Å²) in [5.74, 6) is -0.644. The van der Waals surface area contributed by atoms with Crippen LogP contribution in [0.4, 0.5) is 4.39 Å². The van der Waals surface area contributed by atoms with Gasteiger partial charge in [0.2, 0.25) is 5.91 Å². The monoisotopic (exact) mass is 469 g/mol. The molecule has 0 unspecified atom stereocenters. The predicted octanol–water partition coefficient (Wildman–Crippen LogP) is 5.52. The van der Waals surface area contributed by atoms with Gasteiger partial charge in [-0.3, -0.25) is 4.79 Å². The highest BCUT2D eigenvalue weighted by Crippen LogP contribution is 2.26. The van der Waals surface area contributed by atoms with Crippen molar-refractivity contribution in [1.82, 2.24) is 4.90 Å². The van der Waals surface area contributed by atoms with Crippen LogP contribution >= 0.6 is 0 Å². The zero-order chi connectivity index (χ0) is 24.0. The lowest BCUT2D eigenvalue weighted by molar-refractivity contribution is -0.135. The highest BCUT2D eigenvalue weighted by atomic mass is 32.2. The molecule has 1 amide bonds. The van der Waals surface area contributed by atoms with Crippen LogP contribution in [0.5, 0.6) is 5.75 Å². The van der Waals surface area contributed by atoms with Gasteiger partial charge < -0.3 is 9.08 Å². The first kappa shape index (κ1) is 24.5. The van der Waals surface area contributed by atoms with Gasteiger partial charge in [0.1, 0.15) is 16.5 Å². The minimum absolute atomic E-state index is 0.0176. The first-order valence-corrected chi connectivity index (χ1v) is 12.3. The number of carbonyl (C=O) groups is 1. The number of amides is 1. The summed E-state index contributed by atoms with van der Waals surface area (Å²) >= 11 is 0. The SMILES string of the molecule is CC[C@@H](C(=O)N(Cc1cccc(OS(=O)(=O)c2ccc(F)cc2)c1)C(C)C)c1ccccc1. The number of hydrogen-bond donors (Lipinski definition) is 0. The fourth-order valence-electron chi connectivity index (χ4n) is 3.62. The van der Waals surface area contributed by atoms with Gasteiger partial charge in [0.25, 0.3) is 0 Å². The Kier molecular flexibility index (Phi) is 7.87. The summed E-state index contributed by atoms with van der Waals surface area (Å²) in [6, 6.07) is 20.7. The number of halogens is 1. The summed E-state index contributed by atoms with van der Waals surface area (Å²) in [5, 5.41) is 0. The Bertz CT molecular complexity index is 1180. The molecule has 3 aromatic rings. The zero-order valence-corrected chi connectivity index (χ0v) is 19.8. The van der Waals surface area contributed by atoms with E-state index in [1.165, 1.54) is 6.07 Å². The first-order valence-electron chi connectivity index (χ1n) is 10.9.